The van der Waals surface area contributed by atoms with E-state index in [1.54, 1.807) is 0 Å². The highest BCUT2D eigenvalue weighted by atomic mass is 32.1. The summed E-state index contributed by atoms with van der Waals surface area (Å²) in [5.41, 5.74) is 7.87. The van der Waals surface area contributed by atoms with E-state index in [2.05, 4.69) is 18.7 Å². The lowest BCUT2D eigenvalue weighted by atomic mass is 9.77. The molecule has 106 valence electrons. The van der Waals surface area contributed by atoms with Crippen molar-refractivity contribution in [1.82, 2.24) is 9.88 Å². The molecule has 0 amide bonds. The average molecular weight is 279 g/mol. The second kappa shape index (κ2) is 5.15. The summed E-state index contributed by atoms with van der Waals surface area (Å²) in [5, 5.41) is 1.21. The lowest BCUT2D eigenvalue weighted by Crippen LogP contribution is -2.40. The summed E-state index contributed by atoms with van der Waals surface area (Å²) in [4.78, 5) is 8.88. The number of hydrogen-bond donors (Lipinski definition) is 1. The van der Waals surface area contributed by atoms with Crippen molar-refractivity contribution in [2.45, 2.75) is 58.0 Å². The van der Waals surface area contributed by atoms with Crippen LogP contribution in [0, 0.1) is 5.92 Å². The van der Waals surface area contributed by atoms with Crippen molar-refractivity contribution >= 4 is 11.3 Å². The molecule has 0 spiro atoms. The highest BCUT2D eigenvalue weighted by molar-refractivity contribution is 7.11. The molecule has 1 aliphatic heterocycles. The van der Waals surface area contributed by atoms with Crippen LogP contribution in [0.25, 0.3) is 0 Å². The molecule has 2 atom stereocenters. The van der Waals surface area contributed by atoms with E-state index in [1.165, 1.54) is 28.4 Å². The van der Waals surface area contributed by atoms with Gasteiger partial charge in [-0.15, -0.1) is 11.3 Å². The van der Waals surface area contributed by atoms with Crippen LogP contribution in [0.15, 0.2) is 0 Å². The van der Waals surface area contributed by atoms with Gasteiger partial charge in [-0.3, -0.25) is 4.90 Å². The lowest BCUT2D eigenvalue weighted by molar-refractivity contribution is 0.238. The number of hydrogen-bond acceptors (Lipinski definition) is 4. The van der Waals surface area contributed by atoms with E-state index >= 15 is 0 Å². The van der Waals surface area contributed by atoms with E-state index in [-0.39, 0.29) is 5.54 Å². The Hall–Kier alpha value is -0.450. The van der Waals surface area contributed by atoms with Crippen molar-refractivity contribution < 1.29 is 0 Å². The fraction of sp³-hybridized carbons (Fsp3) is 0.800. The van der Waals surface area contributed by atoms with Gasteiger partial charge in [0, 0.05) is 24.4 Å². The van der Waals surface area contributed by atoms with E-state index < -0.39 is 0 Å². The summed E-state index contributed by atoms with van der Waals surface area (Å²) in [6, 6.07) is 0. The minimum atomic E-state index is -0.142. The topological polar surface area (TPSA) is 42.2 Å². The Morgan fingerprint density at radius 2 is 2.37 bits per heavy atom. The van der Waals surface area contributed by atoms with Gasteiger partial charge >= 0.3 is 0 Å². The van der Waals surface area contributed by atoms with E-state index in [0.29, 0.717) is 0 Å². The molecule has 0 radical (unpaired) electrons. The SMILES string of the molecule is CCN1CCc2nc(C3(N)CCCC(C)C3)sc2C1. The van der Waals surface area contributed by atoms with Crippen LogP contribution in [0.3, 0.4) is 0 Å². The molecule has 1 saturated carbocycles. The molecular formula is C15H25N3S. The van der Waals surface area contributed by atoms with Gasteiger partial charge in [0.25, 0.3) is 0 Å². The minimum absolute atomic E-state index is 0.142. The van der Waals surface area contributed by atoms with Crippen molar-refractivity contribution in [2.75, 3.05) is 13.1 Å². The average Bonchev–Trinajstić information content (AvgIpc) is 2.81. The Bertz CT molecular complexity index is 456. The molecular weight excluding hydrogens is 254 g/mol. The van der Waals surface area contributed by atoms with Crippen LogP contribution < -0.4 is 5.73 Å². The Kier molecular flexibility index (Phi) is 3.67. The maximum Gasteiger partial charge on any atom is 0.113 e. The van der Waals surface area contributed by atoms with E-state index in [4.69, 9.17) is 10.7 Å². The van der Waals surface area contributed by atoms with Gasteiger partial charge in [-0.1, -0.05) is 26.7 Å². The highest BCUT2D eigenvalue weighted by Crippen LogP contribution is 2.40. The van der Waals surface area contributed by atoms with Crippen molar-refractivity contribution in [2.24, 2.45) is 11.7 Å². The Morgan fingerprint density at radius 1 is 1.53 bits per heavy atom. The summed E-state index contributed by atoms with van der Waals surface area (Å²) in [6.07, 6.45) is 5.90. The van der Waals surface area contributed by atoms with Gasteiger partial charge in [0.2, 0.25) is 0 Å². The zero-order valence-corrected chi connectivity index (χ0v) is 12.9. The minimum Gasteiger partial charge on any atom is -0.319 e. The van der Waals surface area contributed by atoms with Gasteiger partial charge in [0.15, 0.2) is 0 Å². The fourth-order valence-corrected chi connectivity index (χ4v) is 4.81. The predicted octanol–water partition coefficient (Wildman–Crippen LogP) is 2.89. The van der Waals surface area contributed by atoms with Gasteiger partial charge in [0.05, 0.1) is 11.2 Å². The third kappa shape index (κ3) is 2.58. The first-order valence-electron chi connectivity index (χ1n) is 7.61. The van der Waals surface area contributed by atoms with E-state index in [1.807, 2.05) is 11.3 Å². The second-order valence-corrected chi connectivity index (χ2v) is 7.45. The number of likely N-dealkylation sites (N-methyl/N-ethyl adjacent to an activating group) is 1. The number of aromatic nitrogens is 1. The predicted molar refractivity (Wildman–Crippen MR) is 80.3 cm³/mol. The molecule has 0 aromatic carbocycles. The summed E-state index contributed by atoms with van der Waals surface area (Å²) in [6.45, 7) is 7.93. The fourth-order valence-electron chi connectivity index (χ4n) is 3.52. The van der Waals surface area contributed by atoms with Crippen LogP contribution in [-0.2, 0) is 18.5 Å². The molecule has 3 rings (SSSR count). The van der Waals surface area contributed by atoms with Gasteiger partial charge in [0.1, 0.15) is 5.01 Å². The van der Waals surface area contributed by atoms with Crippen molar-refractivity contribution in [1.29, 1.82) is 0 Å². The van der Waals surface area contributed by atoms with Crippen LogP contribution in [-0.4, -0.2) is 23.0 Å². The smallest absolute Gasteiger partial charge is 0.113 e. The first kappa shape index (κ1) is 13.5. The number of nitrogens with zero attached hydrogens (tertiary/aromatic N) is 2. The standard InChI is InChI=1S/C15H25N3S/c1-3-18-8-6-12-13(10-18)19-14(17-12)15(16)7-4-5-11(2)9-15/h11H,3-10,16H2,1-2H3. The van der Waals surface area contributed by atoms with Crippen LogP contribution in [0.1, 0.15) is 55.1 Å². The molecule has 3 nitrogen and oxygen atoms in total. The first-order chi connectivity index (χ1) is 9.10. The number of thiazole rings is 1. The maximum absolute atomic E-state index is 6.68. The zero-order chi connectivity index (χ0) is 13.5. The molecule has 2 N–H and O–H groups in total. The quantitative estimate of drug-likeness (QED) is 0.905. The molecule has 4 heteroatoms. The molecule has 1 aromatic rings. The van der Waals surface area contributed by atoms with Crippen molar-refractivity contribution in [3.05, 3.63) is 15.6 Å². The van der Waals surface area contributed by atoms with Crippen LogP contribution in [0.2, 0.25) is 0 Å². The molecule has 2 aliphatic rings. The van der Waals surface area contributed by atoms with Crippen LogP contribution in [0.4, 0.5) is 0 Å². The zero-order valence-electron chi connectivity index (χ0n) is 12.1. The molecule has 1 aliphatic carbocycles. The molecule has 1 aromatic heterocycles. The molecule has 0 bridgehead atoms. The van der Waals surface area contributed by atoms with Crippen molar-refractivity contribution in [3.8, 4) is 0 Å². The number of nitrogens with two attached hydrogens (primary N) is 1. The molecule has 2 unspecified atom stereocenters. The Morgan fingerprint density at radius 3 is 3.11 bits per heavy atom. The van der Waals surface area contributed by atoms with Gasteiger partial charge < -0.3 is 5.73 Å². The third-order valence-corrected chi connectivity index (χ3v) is 6.02. The van der Waals surface area contributed by atoms with Gasteiger partial charge in [-0.25, -0.2) is 4.98 Å². The Labute approximate surface area is 120 Å². The summed E-state index contributed by atoms with van der Waals surface area (Å²) >= 11 is 1.88. The summed E-state index contributed by atoms with van der Waals surface area (Å²) in [5.74, 6) is 0.742. The monoisotopic (exact) mass is 279 g/mol. The third-order valence-electron chi connectivity index (χ3n) is 4.72. The van der Waals surface area contributed by atoms with Crippen LogP contribution >= 0.6 is 11.3 Å². The number of fused-ring (bicyclic) bond motifs is 1. The van der Waals surface area contributed by atoms with Crippen molar-refractivity contribution in [3.63, 3.8) is 0 Å². The van der Waals surface area contributed by atoms with Gasteiger partial charge in [-0.05, 0) is 25.3 Å². The largest absolute Gasteiger partial charge is 0.319 e. The molecule has 19 heavy (non-hydrogen) atoms. The summed E-state index contributed by atoms with van der Waals surface area (Å²) in [7, 11) is 0. The maximum atomic E-state index is 6.68. The lowest BCUT2D eigenvalue weighted by Gasteiger charge is -2.35. The Balaban J connectivity index is 1.84. The second-order valence-electron chi connectivity index (χ2n) is 6.37. The molecule has 0 saturated heterocycles. The molecule has 1 fully saturated rings. The van der Waals surface area contributed by atoms with E-state index in [9.17, 15) is 0 Å². The first-order valence-corrected chi connectivity index (χ1v) is 8.42. The van der Waals surface area contributed by atoms with Gasteiger partial charge in [-0.2, -0.15) is 0 Å². The van der Waals surface area contributed by atoms with Crippen LogP contribution in [0.5, 0.6) is 0 Å². The number of rotatable bonds is 2. The summed E-state index contributed by atoms with van der Waals surface area (Å²) < 4.78 is 0. The highest BCUT2D eigenvalue weighted by Gasteiger charge is 2.36. The normalized spacial score (nSPS) is 32.3. The van der Waals surface area contributed by atoms with E-state index in [0.717, 1.165) is 44.8 Å². The molecule has 2 heterocycles.